The van der Waals surface area contributed by atoms with Crippen molar-refractivity contribution in [1.29, 1.82) is 0 Å². The average Bonchev–Trinajstić information content (AvgIpc) is 2.77. The lowest BCUT2D eigenvalue weighted by atomic mass is 10.2. The van der Waals surface area contributed by atoms with Crippen LogP contribution in [0.3, 0.4) is 0 Å². The Balaban J connectivity index is 1.65. The normalized spacial score (nSPS) is 10.5. The molecule has 0 aliphatic carbocycles. The molecular formula is C22H26N4O4. The third kappa shape index (κ3) is 5.28. The molecule has 1 aromatic heterocycles. The zero-order valence-corrected chi connectivity index (χ0v) is 17.4. The summed E-state index contributed by atoms with van der Waals surface area (Å²) in [6, 6.07) is 10.9. The average molecular weight is 410 g/mol. The number of carbonyl (C=O) groups is 1. The number of urea groups is 1. The largest absolute Gasteiger partial charge is 0.493 e. The minimum absolute atomic E-state index is 0.204. The number of benzene rings is 2. The number of ether oxygens (including phenoxy) is 3. The van der Waals surface area contributed by atoms with E-state index >= 15 is 0 Å². The fraction of sp³-hybridized carbons (Fsp3) is 0.318. The number of amides is 2. The van der Waals surface area contributed by atoms with E-state index in [1.54, 1.807) is 26.4 Å². The standard InChI is InChI=1S/C22H26N4O4/c1-4-5-10-23-22(27)26-16-8-6-15(7-9-16)13-30-21-17-11-19(28-2)20(29-3)12-18(17)24-14-25-21/h6-9,11-12,14H,4-5,10,13H2,1-3H3,(H2,23,26,27). The third-order valence-corrected chi connectivity index (χ3v) is 4.51. The first-order valence-corrected chi connectivity index (χ1v) is 9.78. The summed E-state index contributed by atoms with van der Waals surface area (Å²) in [4.78, 5) is 20.3. The van der Waals surface area contributed by atoms with Gasteiger partial charge in [0.15, 0.2) is 11.5 Å². The number of aromatic nitrogens is 2. The van der Waals surface area contributed by atoms with Crippen LogP contribution in [0.4, 0.5) is 10.5 Å². The summed E-state index contributed by atoms with van der Waals surface area (Å²) >= 11 is 0. The van der Waals surface area contributed by atoms with E-state index in [2.05, 4.69) is 27.5 Å². The number of unbranched alkanes of at least 4 members (excludes halogenated alkanes) is 1. The van der Waals surface area contributed by atoms with Crippen LogP contribution in [0.2, 0.25) is 0 Å². The van der Waals surface area contributed by atoms with E-state index in [0.717, 1.165) is 29.5 Å². The molecule has 30 heavy (non-hydrogen) atoms. The topological polar surface area (TPSA) is 94.6 Å². The van der Waals surface area contributed by atoms with E-state index in [1.165, 1.54) is 6.33 Å². The lowest BCUT2D eigenvalue weighted by Gasteiger charge is -2.12. The van der Waals surface area contributed by atoms with Gasteiger partial charge in [0.1, 0.15) is 12.9 Å². The summed E-state index contributed by atoms with van der Waals surface area (Å²) in [5, 5.41) is 6.37. The molecule has 0 unspecified atom stereocenters. The van der Waals surface area contributed by atoms with Gasteiger partial charge in [-0.15, -0.1) is 0 Å². The van der Waals surface area contributed by atoms with Crippen LogP contribution >= 0.6 is 0 Å². The van der Waals surface area contributed by atoms with Gasteiger partial charge in [-0.3, -0.25) is 0 Å². The molecule has 0 fully saturated rings. The molecule has 0 aliphatic heterocycles. The lowest BCUT2D eigenvalue weighted by molar-refractivity contribution is 0.252. The Bertz CT molecular complexity index is 992. The smallest absolute Gasteiger partial charge is 0.319 e. The van der Waals surface area contributed by atoms with Crippen LogP contribution in [-0.4, -0.2) is 36.8 Å². The molecule has 8 nitrogen and oxygen atoms in total. The molecule has 2 aromatic carbocycles. The third-order valence-electron chi connectivity index (χ3n) is 4.51. The summed E-state index contributed by atoms with van der Waals surface area (Å²) in [6.07, 6.45) is 3.45. The quantitative estimate of drug-likeness (QED) is 0.515. The highest BCUT2D eigenvalue weighted by Crippen LogP contribution is 2.34. The molecule has 0 aliphatic rings. The molecule has 0 saturated heterocycles. The zero-order valence-electron chi connectivity index (χ0n) is 17.4. The minimum Gasteiger partial charge on any atom is -0.493 e. The second kappa shape index (κ2) is 10.3. The van der Waals surface area contributed by atoms with Crippen molar-refractivity contribution in [2.75, 3.05) is 26.1 Å². The molecule has 0 radical (unpaired) electrons. The van der Waals surface area contributed by atoms with Gasteiger partial charge in [0.05, 0.1) is 25.1 Å². The number of rotatable bonds is 9. The summed E-state index contributed by atoms with van der Waals surface area (Å²) in [5.74, 6) is 1.63. The van der Waals surface area contributed by atoms with Crippen molar-refractivity contribution in [3.05, 3.63) is 48.3 Å². The highest BCUT2D eigenvalue weighted by molar-refractivity contribution is 5.89. The van der Waals surface area contributed by atoms with Gasteiger partial charge in [-0.05, 0) is 30.2 Å². The fourth-order valence-corrected chi connectivity index (χ4v) is 2.86. The molecule has 8 heteroatoms. The number of fused-ring (bicyclic) bond motifs is 1. The molecule has 2 N–H and O–H groups in total. The predicted molar refractivity (Wildman–Crippen MR) is 115 cm³/mol. The van der Waals surface area contributed by atoms with Crippen LogP contribution in [0.25, 0.3) is 10.9 Å². The molecule has 1 heterocycles. The van der Waals surface area contributed by atoms with Crippen molar-refractivity contribution in [2.45, 2.75) is 26.4 Å². The Kier molecular flexibility index (Phi) is 7.26. The Morgan fingerprint density at radius 3 is 2.47 bits per heavy atom. The summed E-state index contributed by atoms with van der Waals surface area (Å²) in [6.45, 7) is 3.07. The molecule has 3 rings (SSSR count). The Morgan fingerprint density at radius 2 is 1.77 bits per heavy atom. The van der Waals surface area contributed by atoms with Crippen molar-refractivity contribution in [1.82, 2.24) is 15.3 Å². The van der Waals surface area contributed by atoms with Crippen molar-refractivity contribution < 1.29 is 19.0 Å². The Labute approximate surface area is 175 Å². The van der Waals surface area contributed by atoms with Crippen LogP contribution in [-0.2, 0) is 6.61 Å². The first kappa shape index (κ1) is 21.2. The SMILES string of the molecule is CCCCNC(=O)Nc1ccc(COc2ncnc3cc(OC)c(OC)cc23)cc1. The lowest BCUT2D eigenvalue weighted by Crippen LogP contribution is -2.29. The second-order valence-corrected chi connectivity index (χ2v) is 6.62. The van der Waals surface area contributed by atoms with Crippen molar-refractivity contribution in [3.8, 4) is 17.4 Å². The van der Waals surface area contributed by atoms with E-state index in [1.807, 2.05) is 24.3 Å². The maximum Gasteiger partial charge on any atom is 0.319 e. The van der Waals surface area contributed by atoms with Crippen LogP contribution in [0, 0.1) is 0 Å². The first-order valence-electron chi connectivity index (χ1n) is 9.78. The Hall–Kier alpha value is -3.55. The van der Waals surface area contributed by atoms with Crippen molar-refractivity contribution in [2.24, 2.45) is 0 Å². The first-order chi connectivity index (χ1) is 14.6. The number of carbonyl (C=O) groups excluding carboxylic acids is 1. The van der Waals surface area contributed by atoms with Crippen LogP contribution < -0.4 is 24.8 Å². The second-order valence-electron chi connectivity index (χ2n) is 6.62. The molecule has 3 aromatic rings. The van der Waals surface area contributed by atoms with E-state index < -0.39 is 0 Å². The van der Waals surface area contributed by atoms with Crippen LogP contribution in [0.5, 0.6) is 17.4 Å². The van der Waals surface area contributed by atoms with E-state index in [9.17, 15) is 4.79 Å². The number of anilines is 1. The monoisotopic (exact) mass is 410 g/mol. The maximum absolute atomic E-state index is 11.8. The fourth-order valence-electron chi connectivity index (χ4n) is 2.86. The van der Waals surface area contributed by atoms with E-state index in [-0.39, 0.29) is 6.03 Å². The van der Waals surface area contributed by atoms with Gasteiger partial charge in [-0.25, -0.2) is 14.8 Å². The van der Waals surface area contributed by atoms with Gasteiger partial charge < -0.3 is 24.8 Å². The highest BCUT2D eigenvalue weighted by atomic mass is 16.5. The summed E-state index contributed by atoms with van der Waals surface area (Å²) < 4.78 is 16.6. The maximum atomic E-state index is 11.8. The number of nitrogens with one attached hydrogen (secondary N) is 2. The van der Waals surface area contributed by atoms with Gasteiger partial charge >= 0.3 is 6.03 Å². The number of hydrogen-bond acceptors (Lipinski definition) is 6. The minimum atomic E-state index is -0.204. The van der Waals surface area contributed by atoms with Crippen LogP contribution in [0.1, 0.15) is 25.3 Å². The predicted octanol–water partition coefficient (Wildman–Crippen LogP) is 4.15. The number of hydrogen-bond donors (Lipinski definition) is 2. The van der Waals surface area contributed by atoms with Gasteiger partial charge in [0.25, 0.3) is 0 Å². The van der Waals surface area contributed by atoms with Crippen LogP contribution in [0.15, 0.2) is 42.7 Å². The molecule has 0 atom stereocenters. The van der Waals surface area contributed by atoms with E-state index in [0.29, 0.717) is 36.0 Å². The van der Waals surface area contributed by atoms with Crippen molar-refractivity contribution >= 4 is 22.6 Å². The number of methoxy groups -OCH3 is 2. The molecule has 0 saturated carbocycles. The summed E-state index contributed by atoms with van der Waals surface area (Å²) in [5.41, 5.74) is 2.36. The molecule has 0 bridgehead atoms. The highest BCUT2D eigenvalue weighted by Gasteiger charge is 2.12. The molecular weight excluding hydrogens is 384 g/mol. The van der Waals surface area contributed by atoms with Gasteiger partial charge in [0, 0.05) is 18.3 Å². The van der Waals surface area contributed by atoms with E-state index in [4.69, 9.17) is 14.2 Å². The van der Waals surface area contributed by atoms with Gasteiger partial charge in [0.2, 0.25) is 5.88 Å². The molecule has 0 spiro atoms. The molecule has 2 amide bonds. The van der Waals surface area contributed by atoms with Gasteiger partial charge in [-0.1, -0.05) is 25.5 Å². The van der Waals surface area contributed by atoms with Gasteiger partial charge in [-0.2, -0.15) is 0 Å². The molecule has 158 valence electrons. The summed E-state index contributed by atoms with van der Waals surface area (Å²) in [7, 11) is 3.16. The Morgan fingerprint density at radius 1 is 1.03 bits per heavy atom. The number of nitrogens with zero attached hydrogens (tertiary/aromatic N) is 2. The zero-order chi connectivity index (χ0) is 21.3. The van der Waals surface area contributed by atoms with Crippen molar-refractivity contribution in [3.63, 3.8) is 0 Å².